The van der Waals surface area contributed by atoms with Crippen LogP contribution in [0.3, 0.4) is 0 Å². The molecule has 0 saturated heterocycles. The summed E-state index contributed by atoms with van der Waals surface area (Å²) in [5, 5.41) is 3.81. The van der Waals surface area contributed by atoms with Crippen molar-refractivity contribution in [3.05, 3.63) is 51.2 Å². The molecule has 1 aliphatic rings. The Labute approximate surface area is 131 Å². The van der Waals surface area contributed by atoms with Crippen LogP contribution in [0.15, 0.2) is 40.7 Å². The second-order valence-electron chi connectivity index (χ2n) is 4.58. The maximum atomic E-state index is 6.13. The third-order valence-corrected chi connectivity index (χ3v) is 5.09. The van der Waals surface area contributed by atoms with Crippen LogP contribution in [-0.4, -0.2) is 24.2 Å². The normalized spacial score (nSPS) is 15.9. The van der Waals surface area contributed by atoms with Crippen LogP contribution in [0.1, 0.15) is 10.4 Å². The zero-order chi connectivity index (χ0) is 14.1. The maximum absolute atomic E-state index is 6.13. The molecule has 5 heteroatoms. The molecule has 0 radical (unpaired) electrons. The molecule has 1 aromatic heterocycles. The second kappa shape index (κ2) is 5.64. The predicted molar refractivity (Wildman–Crippen MR) is 92.0 cm³/mol. The van der Waals surface area contributed by atoms with Crippen LogP contribution in [-0.2, 0) is 0 Å². The number of rotatable bonds is 1. The molecular weight excluding hydrogens is 308 g/mol. The van der Waals surface area contributed by atoms with Gasteiger partial charge in [0.1, 0.15) is 0 Å². The zero-order valence-corrected chi connectivity index (χ0v) is 13.5. The number of benzene rings is 1. The summed E-state index contributed by atoms with van der Waals surface area (Å²) >= 11 is 9.53. The minimum absolute atomic E-state index is 0.741. The van der Waals surface area contributed by atoms with E-state index in [0.717, 1.165) is 21.4 Å². The molecule has 20 heavy (non-hydrogen) atoms. The van der Waals surface area contributed by atoms with E-state index in [-0.39, 0.29) is 0 Å². The number of nitrogens with zero attached hydrogens (tertiary/aromatic N) is 2. The van der Waals surface area contributed by atoms with Gasteiger partial charge in [-0.25, -0.2) is 4.99 Å². The van der Waals surface area contributed by atoms with Crippen LogP contribution in [0.2, 0.25) is 5.02 Å². The molecule has 2 aromatic rings. The molecular formula is C15H13ClN2S2. The van der Waals surface area contributed by atoms with Crippen LogP contribution in [0, 0.1) is 0 Å². The van der Waals surface area contributed by atoms with Crippen LogP contribution in [0.4, 0.5) is 5.69 Å². The molecule has 0 unspecified atom stereocenters. The van der Waals surface area contributed by atoms with Crippen LogP contribution >= 0.6 is 34.7 Å². The molecule has 0 spiro atoms. The number of fused-ring (bicyclic) bond motifs is 1. The fraction of sp³-hybridized carbons (Fsp3) is 0.133. The molecule has 0 bridgehead atoms. The first-order chi connectivity index (χ1) is 9.63. The first kappa shape index (κ1) is 13.7. The highest BCUT2D eigenvalue weighted by Crippen LogP contribution is 2.43. The van der Waals surface area contributed by atoms with Crippen molar-refractivity contribution in [2.24, 2.45) is 4.99 Å². The van der Waals surface area contributed by atoms with Gasteiger partial charge >= 0.3 is 0 Å². The predicted octanol–water partition coefficient (Wildman–Crippen LogP) is 5.20. The van der Waals surface area contributed by atoms with Gasteiger partial charge in [0.15, 0.2) is 5.17 Å². The fourth-order valence-electron chi connectivity index (χ4n) is 1.88. The first-order valence-electron chi connectivity index (χ1n) is 6.12. The maximum Gasteiger partial charge on any atom is 0.168 e. The molecule has 102 valence electrons. The van der Waals surface area contributed by atoms with E-state index in [2.05, 4.69) is 28.6 Å². The van der Waals surface area contributed by atoms with E-state index in [1.54, 1.807) is 23.1 Å². The Morgan fingerprint density at radius 2 is 2.10 bits per heavy atom. The van der Waals surface area contributed by atoms with E-state index in [1.807, 2.05) is 37.2 Å². The topological polar surface area (TPSA) is 15.6 Å². The van der Waals surface area contributed by atoms with Crippen LogP contribution < -0.4 is 0 Å². The van der Waals surface area contributed by atoms with Gasteiger partial charge in [-0.2, -0.15) is 0 Å². The number of thioether (sulfide) groups is 1. The fourth-order valence-corrected chi connectivity index (χ4v) is 3.77. The van der Waals surface area contributed by atoms with Gasteiger partial charge in [-0.15, -0.1) is 11.3 Å². The molecule has 2 nitrogen and oxygen atoms in total. The molecule has 3 rings (SSSR count). The Bertz CT molecular complexity index is 688. The van der Waals surface area contributed by atoms with Crippen molar-refractivity contribution in [2.45, 2.75) is 0 Å². The van der Waals surface area contributed by atoms with Gasteiger partial charge in [-0.1, -0.05) is 29.4 Å². The highest BCUT2D eigenvalue weighted by molar-refractivity contribution is 8.21. The van der Waals surface area contributed by atoms with E-state index >= 15 is 0 Å². The third kappa shape index (κ3) is 2.77. The van der Waals surface area contributed by atoms with E-state index in [4.69, 9.17) is 11.6 Å². The highest BCUT2D eigenvalue weighted by atomic mass is 35.5. The molecule has 0 amide bonds. The van der Waals surface area contributed by atoms with Crippen molar-refractivity contribution in [3.8, 4) is 0 Å². The summed E-state index contributed by atoms with van der Waals surface area (Å²) in [6.45, 7) is 0. The van der Waals surface area contributed by atoms with Crippen molar-refractivity contribution >= 4 is 56.5 Å². The average molecular weight is 321 g/mol. The number of halogens is 1. The lowest BCUT2D eigenvalue weighted by Gasteiger charge is -2.22. The number of hydrogen-bond donors (Lipinski definition) is 0. The molecule has 0 aliphatic carbocycles. The summed E-state index contributed by atoms with van der Waals surface area (Å²) in [5.41, 5.74) is 2.07. The van der Waals surface area contributed by atoms with Crippen molar-refractivity contribution in [1.29, 1.82) is 0 Å². The SMILES string of the molecule is CN(C)C1=Nc2ccc(Cl)cc2/C(=C/c2cccs2)S1. The first-order valence-corrected chi connectivity index (χ1v) is 8.20. The molecule has 2 heterocycles. The van der Waals surface area contributed by atoms with Crippen molar-refractivity contribution < 1.29 is 0 Å². The summed E-state index contributed by atoms with van der Waals surface area (Å²) in [7, 11) is 4.02. The molecule has 1 aromatic carbocycles. The van der Waals surface area contributed by atoms with Gasteiger partial charge in [0.25, 0.3) is 0 Å². The quantitative estimate of drug-likeness (QED) is 0.718. The van der Waals surface area contributed by atoms with Crippen LogP contribution in [0.25, 0.3) is 11.0 Å². The minimum atomic E-state index is 0.741. The standard InChI is InChI=1S/C15H13ClN2S2/c1-18(2)15-17-13-6-5-10(16)8-12(13)14(20-15)9-11-4-3-7-19-11/h3-9H,1-2H3/b14-9-. The molecule has 1 aliphatic heterocycles. The minimum Gasteiger partial charge on any atom is -0.357 e. The number of thiophene rings is 1. The molecule has 0 fully saturated rings. The monoisotopic (exact) mass is 320 g/mol. The smallest absolute Gasteiger partial charge is 0.168 e. The Morgan fingerprint density at radius 1 is 1.25 bits per heavy atom. The van der Waals surface area contributed by atoms with Gasteiger partial charge in [-0.05, 0) is 35.7 Å². The third-order valence-electron chi connectivity index (χ3n) is 2.84. The van der Waals surface area contributed by atoms with E-state index < -0.39 is 0 Å². The molecule has 0 saturated carbocycles. The lowest BCUT2D eigenvalue weighted by molar-refractivity contribution is 0.636. The second-order valence-corrected chi connectivity index (χ2v) is 7.00. The number of aliphatic imine (C=N–C) groups is 1. The largest absolute Gasteiger partial charge is 0.357 e. The van der Waals surface area contributed by atoms with Crippen molar-refractivity contribution in [2.75, 3.05) is 14.1 Å². The van der Waals surface area contributed by atoms with Crippen molar-refractivity contribution in [1.82, 2.24) is 4.90 Å². The van der Waals surface area contributed by atoms with E-state index in [1.165, 1.54) is 9.78 Å². The van der Waals surface area contributed by atoms with Gasteiger partial charge < -0.3 is 4.90 Å². The van der Waals surface area contributed by atoms with E-state index in [9.17, 15) is 0 Å². The average Bonchev–Trinajstić information content (AvgIpc) is 2.92. The van der Waals surface area contributed by atoms with Crippen molar-refractivity contribution in [3.63, 3.8) is 0 Å². The van der Waals surface area contributed by atoms with Gasteiger partial charge in [0.2, 0.25) is 0 Å². The van der Waals surface area contributed by atoms with E-state index in [0.29, 0.717) is 0 Å². The number of amidine groups is 1. The Hall–Kier alpha value is -1.23. The lowest BCUT2D eigenvalue weighted by Crippen LogP contribution is -2.19. The molecule has 0 N–H and O–H groups in total. The summed E-state index contributed by atoms with van der Waals surface area (Å²) < 4.78 is 0. The highest BCUT2D eigenvalue weighted by Gasteiger charge is 2.19. The van der Waals surface area contributed by atoms with Gasteiger partial charge in [-0.3, -0.25) is 0 Å². The van der Waals surface area contributed by atoms with Gasteiger partial charge in [0, 0.05) is 34.5 Å². The Balaban J connectivity index is 2.12. The Morgan fingerprint density at radius 3 is 2.80 bits per heavy atom. The molecule has 0 atom stereocenters. The zero-order valence-electron chi connectivity index (χ0n) is 11.1. The summed E-state index contributed by atoms with van der Waals surface area (Å²) in [5.74, 6) is 0. The summed E-state index contributed by atoms with van der Waals surface area (Å²) in [4.78, 5) is 9.13. The number of hydrogen-bond acceptors (Lipinski definition) is 4. The lowest BCUT2D eigenvalue weighted by atomic mass is 10.1. The van der Waals surface area contributed by atoms with Gasteiger partial charge in [0.05, 0.1) is 5.69 Å². The van der Waals surface area contributed by atoms with Crippen LogP contribution in [0.5, 0.6) is 0 Å². The summed E-state index contributed by atoms with van der Waals surface area (Å²) in [6.07, 6.45) is 2.20. The summed E-state index contributed by atoms with van der Waals surface area (Å²) in [6, 6.07) is 10.0. The Kier molecular flexibility index (Phi) is 3.87.